The smallest absolute Gasteiger partial charge is 0.0702 e. The lowest BCUT2D eigenvalue weighted by atomic mass is 10.0. The van der Waals surface area contributed by atoms with Gasteiger partial charge in [-0.1, -0.05) is 6.07 Å². The molecule has 0 unspecified atom stereocenters. The highest BCUT2D eigenvalue weighted by atomic mass is 35.5. The highest BCUT2D eigenvalue weighted by molar-refractivity contribution is 6.17. The highest BCUT2D eigenvalue weighted by Crippen LogP contribution is 2.24. The number of hydrogen-bond acceptors (Lipinski definition) is 0. The molecule has 0 saturated heterocycles. The molecule has 1 aromatic carbocycles. The molecule has 14 heavy (non-hydrogen) atoms. The molecule has 0 spiro atoms. The van der Waals surface area contributed by atoms with Crippen molar-refractivity contribution in [3.63, 3.8) is 0 Å². The molecule has 0 aliphatic carbocycles. The van der Waals surface area contributed by atoms with Crippen LogP contribution in [0.3, 0.4) is 0 Å². The molecule has 73 valence electrons. The Morgan fingerprint density at radius 3 is 3.00 bits per heavy atom. The third kappa shape index (κ3) is 2.10. The molecule has 0 aromatic heterocycles. The van der Waals surface area contributed by atoms with Crippen molar-refractivity contribution in [3.8, 4) is 0 Å². The molecule has 1 aromatic rings. The first-order valence-corrected chi connectivity index (χ1v) is 5.50. The summed E-state index contributed by atoms with van der Waals surface area (Å²) in [4.78, 5) is 0. The van der Waals surface area contributed by atoms with Gasteiger partial charge in [-0.15, -0.1) is 11.6 Å². The molecule has 1 heterocycles. The number of alkyl halides is 1. The van der Waals surface area contributed by atoms with Crippen LogP contribution in [0.4, 0.5) is 5.69 Å². The molecule has 0 N–H and O–H groups in total. The van der Waals surface area contributed by atoms with E-state index in [4.69, 9.17) is 11.6 Å². The fraction of sp³-hybridized carbons (Fsp3) is 0.333. The maximum atomic E-state index is 5.64. The summed E-state index contributed by atoms with van der Waals surface area (Å²) in [5.74, 6) is 0.764. The summed E-state index contributed by atoms with van der Waals surface area (Å²) in [6.45, 7) is 0. The topological polar surface area (TPSA) is 14.1 Å². The van der Waals surface area contributed by atoms with Crippen molar-refractivity contribution in [1.82, 2.24) is 5.32 Å². The fourth-order valence-corrected chi connectivity index (χ4v) is 1.82. The zero-order chi connectivity index (χ0) is 9.80. The number of hydrogen-bond donors (Lipinski definition) is 0. The lowest BCUT2D eigenvalue weighted by molar-refractivity contribution is 0.799. The molecule has 1 aliphatic heterocycles. The summed E-state index contributed by atoms with van der Waals surface area (Å²) in [6, 6.07) is 6.46. The highest BCUT2D eigenvalue weighted by Gasteiger charge is 2.05. The third-order valence-electron chi connectivity index (χ3n) is 2.41. The maximum absolute atomic E-state index is 5.64. The van der Waals surface area contributed by atoms with E-state index in [9.17, 15) is 0 Å². The Bertz CT molecular complexity index is 344. The summed E-state index contributed by atoms with van der Waals surface area (Å²) in [7, 11) is 0. The standard InChI is InChI=1S/C12H13ClN/c13-7-2-1-3-10-4-5-12-11(9-10)6-8-14-12/h4-6,8-9H,1-3,7H2. The van der Waals surface area contributed by atoms with E-state index in [0.29, 0.717) is 0 Å². The molecule has 1 nitrogen and oxygen atoms in total. The van der Waals surface area contributed by atoms with E-state index in [-0.39, 0.29) is 0 Å². The largest absolute Gasteiger partial charge is 0.256 e. The van der Waals surface area contributed by atoms with Crippen LogP contribution in [0.2, 0.25) is 0 Å². The lowest BCUT2D eigenvalue weighted by Gasteiger charge is -2.03. The van der Waals surface area contributed by atoms with Crippen molar-refractivity contribution < 1.29 is 0 Å². The molecule has 0 bridgehead atoms. The summed E-state index contributed by atoms with van der Waals surface area (Å²) in [5, 5.41) is 4.24. The number of benzene rings is 1. The van der Waals surface area contributed by atoms with Gasteiger partial charge in [-0.25, -0.2) is 0 Å². The molecule has 0 saturated carbocycles. The lowest BCUT2D eigenvalue weighted by Crippen LogP contribution is -1.88. The average molecular weight is 207 g/mol. The van der Waals surface area contributed by atoms with E-state index < -0.39 is 0 Å². The molecule has 0 fully saturated rings. The van der Waals surface area contributed by atoms with Crippen molar-refractivity contribution in [2.75, 3.05) is 5.88 Å². The quantitative estimate of drug-likeness (QED) is 0.529. The van der Waals surface area contributed by atoms with E-state index in [2.05, 4.69) is 29.6 Å². The predicted molar refractivity (Wildman–Crippen MR) is 60.9 cm³/mol. The minimum absolute atomic E-state index is 0.764. The van der Waals surface area contributed by atoms with E-state index in [1.165, 1.54) is 17.5 Å². The minimum Gasteiger partial charge on any atom is -0.256 e. The molecule has 1 radical (unpaired) electrons. The predicted octanol–water partition coefficient (Wildman–Crippen LogP) is 3.47. The molecule has 0 amide bonds. The first-order valence-electron chi connectivity index (χ1n) is 4.96. The Hall–Kier alpha value is -0.950. The Morgan fingerprint density at radius 1 is 1.21 bits per heavy atom. The Kier molecular flexibility index (Phi) is 3.10. The van der Waals surface area contributed by atoms with Gasteiger partial charge < -0.3 is 0 Å². The zero-order valence-electron chi connectivity index (χ0n) is 8.04. The van der Waals surface area contributed by atoms with Crippen LogP contribution >= 0.6 is 11.6 Å². The van der Waals surface area contributed by atoms with Crippen LogP contribution in [0.15, 0.2) is 24.4 Å². The number of halogens is 1. The van der Waals surface area contributed by atoms with Crippen LogP contribution in [-0.4, -0.2) is 5.88 Å². The van der Waals surface area contributed by atoms with Crippen LogP contribution in [0.25, 0.3) is 6.08 Å². The fourth-order valence-electron chi connectivity index (χ4n) is 1.63. The average Bonchev–Trinajstić information content (AvgIpc) is 2.65. The number of aryl methyl sites for hydroxylation is 1. The SMILES string of the molecule is ClCCCCc1ccc2c(c1)C=C[N]2. The zero-order valence-corrected chi connectivity index (χ0v) is 8.80. The Morgan fingerprint density at radius 2 is 2.14 bits per heavy atom. The van der Waals surface area contributed by atoms with Crippen molar-refractivity contribution in [1.29, 1.82) is 0 Å². The third-order valence-corrected chi connectivity index (χ3v) is 2.68. The van der Waals surface area contributed by atoms with Gasteiger partial charge in [0.2, 0.25) is 0 Å². The van der Waals surface area contributed by atoms with Crippen molar-refractivity contribution in [3.05, 3.63) is 35.5 Å². The van der Waals surface area contributed by atoms with Crippen molar-refractivity contribution in [2.24, 2.45) is 0 Å². The Balaban J connectivity index is 2.01. The van der Waals surface area contributed by atoms with Gasteiger partial charge >= 0.3 is 0 Å². The van der Waals surface area contributed by atoms with Gasteiger partial charge in [0.25, 0.3) is 0 Å². The summed E-state index contributed by atoms with van der Waals surface area (Å²) < 4.78 is 0. The van der Waals surface area contributed by atoms with Crippen LogP contribution in [0.5, 0.6) is 0 Å². The van der Waals surface area contributed by atoms with Crippen LogP contribution in [-0.2, 0) is 6.42 Å². The number of unbranched alkanes of at least 4 members (excludes halogenated alkanes) is 1. The van der Waals surface area contributed by atoms with E-state index in [1.807, 2.05) is 6.20 Å². The van der Waals surface area contributed by atoms with E-state index in [1.54, 1.807) is 0 Å². The molecular formula is C12H13ClN. The second-order valence-electron chi connectivity index (χ2n) is 3.48. The van der Waals surface area contributed by atoms with E-state index >= 15 is 0 Å². The second-order valence-corrected chi connectivity index (χ2v) is 3.86. The van der Waals surface area contributed by atoms with Crippen LogP contribution < -0.4 is 5.32 Å². The van der Waals surface area contributed by atoms with E-state index in [0.717, 1.165) is 24.4 Å². The maximum Gasteiger partial charge on any atom is 0.0702 e. The van der Waals surface area contributed by atoms with Gasteiger partial charge in [-0.2, -0.15) is 0 Å². The van der Waals surface area contributed by atoms with Gasteiger partial charge in [0, 0.05) is 17.6 Å². The second kappa shape index (κ2) is 4.52. The van der Waals surface area contributed by atoms with Crippen molar-refractivity contribution in [2.45, 2.75) is 19.3 Å². The van der Waals surface area contributed by atoms with Gasteiger partial charge in [-0.05, 0) is 43.0 Å². The summed E-state index contributed by atoms with van der Waals surface area (Å²) in [6.07, 6.45) is 7.30. The molecule has 0 atom stereocenters. The van der Waals surface area contributed by atoms with Gasteiger partial charge in [-0.3, -0.25) is 5.32 Å². The molecule has 2 rings (SSSR count). The monoisotopic (exact) mass is 206 g/mol. The van der Waals surface area contributed by atoms with Crippen LogP contribution in [0, 0.1) is 0 Å². The van der Waals surface area contributed by atoms with Crippen LogP contribution in [0.1, 0.15) is 24.0 Å². The Labute approximate surface area is 89.8 Å². The van der Waals surface area contributed by atoms with Gasteiger partial charge in [0.1, 0.15) is 0 Å². The summed E-state index contributed by atoms with van der Waals surface area (Å²) in [5.41, 5.74) is 3.72. The minimum atomic E-state index is 0.764. The molecule has 1 aliphatic rings. The number of rotatable bonds is 4. The van der Waals surface area contributed by atoms with Gasteiger partial charge in [0.05, 0.1) is 5.69 Å². The van der Waals surface area contributed by atoms with Gasteiger partial charge in [0.15, 0.2) is 0 Å². The number of fused-ring (bicyclic) bond motifs is 1. The normalized spacial score (nSPS) is 12.6. The molecular weight excluding hydrogens is 194 g/mol. The summed E-state index contributed by atoms with van der Waals surface area (Å²) >= 11 is 5.64. The first-order chi connectivity index (χ1) is 6.90. The first kappa shape index (κ1) is 9.60. The number of nitrogens with zero attached hydrogens (tertiary/aromatic N) is 1. The van der Waals surface area contributed by atoms with Crippen molar-refractivity contribution >= 4 is 23.4 Å². The molecule has 2 heteroatoms.